The molecule has 3 rings (SSSR count). The number of carbonyl (C=O) groups is 3. The van der Waals surface area contributed by atoms with Crippen LogP contribution < -0.4 is 0 Å². The Labute approximate surface area is 309 Å². The average molecular weight is 735 g/mol. The Morgan fingerprint density at radius 1 is 1.15 bits per heavy atom. The zero-order chi connectivity index (χ0) is 39.1. The van der Waals surface area contributed by atoms with Gasteiger partial charge in [-0.1, -0.05) is 39.8 Å². The number of hydrogen-bond donors (Lipinski definition) is 3. The number of carbonyl (C=O) groups excluding carboxylic acids is 3. The fourth-order valence-electron chi connectivity index (χ4n) is 7.91. The first-order valence-electron chi connectivity index (χ1n) is 18.4. The summed E-state index contributed by atoms with van der Waals surface area (Å²) in [5, 5.41) is 34.6. The molecule has 13 heteroatoms. The summed E-state index contributed by atoms with van der Waals surface area (Å²) < 4.78 is 31.2. The van der Waals surface area contributed by atoms with Gasteiger partial charge in [-0.2, -0.15) is 0 Å². The van der Waals surface area contributed by atoms with Gasteiger partial charge in [0.1, 0.15) is 29.7 Å². The van der Waals surface area contributed by atoms with Crippen LogP contribution in [0.15, 0.2) is 37.2 Å². The molecule has 2 aliphatic rings. The summed E-state index contributed by atoms with van der Waals surface area (Å²) in [5.74, 6) is -5.46. The maximum atomic E-state index is 14.0. The molecule has 0 saturated carbocycles. The molecule has 0 bridgehead atoms. The van der Waals surface area contributed by atoms with Crippen LogP contribution in [0.1, 0.15) is 80.2 Å². The highest BCUT2D eigenvalue weighted by atomic mass is 16.7. The Morgan fingerprint density at radius 2 is 1.83 bits per heavy atom. The molecule has 1 aromatic rings. The molecule has 0 aliphatic carbocycles. The molecule has 3 heterocycles. The van der Waals surface area contributed by atoms with Gasteiger partial charge in [0.05, 0.1) is 36.3 Å². The van der Waals surface area contributed by atoms with Crippen LogP contribution in [-0.2, 0) is 44.5 Å². The second-order valence-corrected chi connectivity index (χ2v) is 15.4. The second kappa shape index (κ2) is 18.5. The maximum Gasteiger partial charge on any atom is 0.312 e. The molecule has 3 N–H and O–H groups in total. The van der Waals surface area contributed by atoms with Gasteiger partial charge in [0.25, 0.3) is 0 Å². The minimum atomic E-state index is -1.99. The summed E-state index contributed by atoms with van der Waals surface area (Å²) in [6.45, 7) is 17.6. The third-order valence-electron chi connectivity index (χ3n) is 11.1. The van der Waals surface area contributed by atoms with E-state index in [1.807, 2.05) is 18.9 Å². The van der Waals surface area contributed by atoms with Gasteiger partial charge in [-0.15, -0.1) is 6.58 Å². The number of aliphatic hydroxyl groups is 3. The first-order chi connectivity index (χ1) is 24.3. The Bertz CT molecular complexity index is 1340. The largest absolute Gasteiger partial charge is 0.461 e. The number of hydrogen-bond acceptors (Lipinski definition) is 13. The third kappa shape index (κ3) is 10.0. The smallest absolute Gasteiger partial charge is 0.312 e. The van der Waals surface area contributed by atoms with E-state index in [2.05, 4.69) is 11.6 Å². The minimum absolute atomic E-state index is 0.0705. The van der Waals surface area contributed by atoms with Crippen LogP contribution in [0.3, 0.4) is 0 Å². The summed E-state index contributed by atoms with van der Waals surface area (Å²) in [7, 11) is 3.35. The predicted octanol–water partition coefficient (Wildman–Crippen LogP) is 3.26. The van der Waals surface area contributed by atoms with E-state index in [1.165, 1.54) is 21.0 Å². The molecule has 52 heavy (non-hydrogen) atoms. The molecule has 0 aromatic carbocycles. The van der Waals surface area contributed by atoms with Crippen molar-refractivity contribution in [3.63, 3.8) is 0 Å². The number of aromatic nitrogens is 1. The van der Waals surface area contributed by atoms with E-state index < -0.39 is 83.6 Å². The number of esters is 2. The number of cyclic esters (lactones) is 1. The van der Waals surface area contributed by atoms with E-state index in [4.69, 9.17) is 23.7 Å². The SMILES string of the molecule is C=CCN(C)[C@H]1C[C@@H](C)O[C@@H](O[C@@H]2[C@@H](C)[C@H](OC(=O)Cc3cccnc3)[C@@H](C)C(=O)O[C@H](CC)[C@@](C)(O)[C@H](O)[C@@H](C)C(=O)[C@H](C)C[C@@]2(C)OC)[C@@H]1O. The average Bonchev–Trinajstić information content (AvgIpc) is 3.11. The molecular weight excluding hydrogens is 672 g/mol. The molecule has 13 nitrogen and oxygen atoms in total. The van der Waals surface area contributed by atoms with Crippen LogP contribution in [0.25, 0.3) is 0 Å². The number of Topliss-reactive ketones (excluding diaryl/α,β-unsaturated/α-hetero) is 1. The fraction of sp³-hybridized carbons (Fsp3) is 0.744. The number of methoxy groups -OCH3 is 1. The lowest BCUT2D eigenvalue weighted by Gasteiger charge is -2.48. The molecule has 14 atom stereocenters. The van der Waals surface area contributed by atoms with Crippen LogP contribution in [0.5, 0.6) is 0 Å². The molecule has 0 unspecified atom stereocenters. The molecular formula is C39H62N2O11. The standard InChI is InChI=1S/C39H62N2O11/c1-12-17-41(10)28-18-23(4)49-37(32(28)44)52-35-25(6)33(51-30(42)19-27-15-14-16-40-21-27)26(7)36(46)50-29(13-2)39(9,47)34(45)24(5)31(43)22(3)20-38(35,8)48-11/h12,14-16,21-26,28-29,32-35,37,44-45,47H,1,13,17-20H2,2-11H3/t22-,23-,24+,25+,26-,28+,29-,32-,33+,34-,35-,37+,38-,39-/m1/s1. The van der Waals surface area contributed by atoms with Crippen LogP contribution in [0, 0.1) is 23.7 Å². The van der Waals surface area contributed by atoms with Crippen LogP contribution in [0.4, 0.5) is 0 Å². The van der Waals surface area contributed by atoms with Crippen molar-refractivity contribution < 1.29 is 53.4 Å². The van der Waals surface area contributed by atoms with E-state index in [-0.39, 0.29) is 37.2 Å². The first kappa shape index (κ1) is 43.6. The Hall–Kier alpha value is -2.78. The van der Waals surface area contributed by atoms with Gasteiger partial charge in [-0.05, 0) is 65.6 Å². The number of pyridine rings is 1. The lowest BCUT2D eigenvalue weighted by Crippen LogP contribution is -2.61. The van der Waals surface area contributed by atoms with E-state index in [1.54, 1.807) is 65.2 Å². The van der Waals surface area contributed by atoms with Gasteiger partial charge in [0.2, 0.25) is 0 Å². The number of ether oxygens (including phenoxy) is 5. The van der Waals surface area contributed by atoms with Gasteiger partial charge in [0, 0.05) is 49.8 Å². The second-order valence-electron chi connectivity index (χ2n) is 15.4. The molecule has 2 saturated heterocycles. The summed E-state index contributed by atoms with van der Waals surface area (Å²) >= 11 is 0. The van der Waals surface area contributed by atoms with Gasteiger partial charge < -0.3 is 39.0 Å². The maximum absolute atomic E-state index is 14.0. The zero-order valence-corrected chi connectivity index (χ0v) is 32.6. The van der Waals surface area contributed by atoms with Gasteiger partial charge in [-0.3, -0.25) is 24.3 Å². The highest BCUT2D eigenvalue weighted by Gasteiger charge is 2.53. The summed E-state index contributed by atoms with van der Waals surface area (Å²) in [6, 6.07) is 3.08. The van der Waals surface area contributed by atoms with Crippen molar-refractivity contribution in [1.29, 1.82) is 0 Å². The Morgan fingerprint density at radius 3 is 2.40 bits per heavy atom. The summed E-state index contributed by atoms with van der Waals surface area (Å²) in [4.78, 5) is 47.6. The summed E-state index contributed by atoms with van der Waals surface area (Å²) in [5.41, 5.74) is -2.69. The third-order valence-corrected chi connectivity index (χ3v) is 11.1. The van der Waals surface area contributed by atoms with Crippen molar-refractivity contribution in [3.8, 4) is 0 Å². The van der Waals surface area contributed by atoms with E-state index >= 15 is 0 Å². The molecule has 2 aliphatic heterocycles. The van der Waals surface area contributed by atoms with Crippen molar-refractivity contribution in [3.05, 3.63) is 42.7 Å². The number of likely N-dealkylation sites (N-methyl/N-ethyl adjacent to an activating group) is 1. The molecule has 0 spiro atoms. The van der Waals surface area contributed by atoms with E-state index in [9.17, 15) is 29.7 Å². The first-order valence-corrected chi connectivity index (χ1v) is 18.4. The molecule has 294 valence electrons. The highest BCUT2D eigenvalue weighted by Crippen LogP contribution is 2.40. The topological polar surface area (TPSA) is 174 Å². The molecule has 0 radical (unpaired) electrons. The normalized spacial score (nSPS) is 39.7. The van der Waals surface area contributed by atoms with Crippen LogP contribution in [-0.4, -0.2) is 124 Å². The van der Waals surface area contributed by atoms with Gasteiger partial charge in [0.15, 0.2) is 6.29 Å². The highest BCUT2D eigenvalue weighted by molar-refractivity contribution is 5.83. The van der Waals surface area contributed by atoms with Crippen molar-refractivity contribution in [1.82, 2.24) is 9.88 Å². The minimum Gasteiger partial charge on any atom is -0.461 e. The van der Waals surface area contributed by atoms with Crippen molar-refractivity contribution >= 4 is 17.7 Å². The van der Waals surface area contributed by atoms with Crippen molar-refractivity contribution in [2.24, 2.45) is 23.7 Å². The molecule has 0 amide bonds. The fourth-order valence-corrected chi connectivity index (χ4v) is 7.91. The lowest BCUT2D eigenvalue weighted by molar-refractivity contribution is -0.302. The number of nitrogens with zero attached hydrogens (tertiary/aromatic N) is 2. The quantitative estimate of drug-likeness (QED) is 0.236. The van der Waals surface area contributed by atoms with E-state index in [0.717, 1.165) is 0 Å². The molecule has 2 fully saturated rings. The Balaban J connectivity index is 2.18. The number of rotatable bonds is 10. The monoisotopic (exact) mass is 734 g/mol. The van der Waals surface area contributed by atoms with E-state index in [0.29, 0.717) is 18.5 Å². The number of aliphatic hydroxyl groups excluding tert-OH is 2. The van der Waals surface area contributed by atoms with Crippen LogP contribution >= 0.6 is 0 Å². The van der Waals surface area contributed by atoms with Crippen molar-refractivity contribution in [2.75, 3.05) is 20.7 Å². The molecule has 1 aromatic heterocycles. The van der Waals surface area contributed by atoms with Crippen molar-refractivity contribution in [2.45, 2.75) is 141 Å². The van der Waals surface area contributed by atoms with Gasteiger partial charge >= 0.3 is 11.9 Å². The number of ketones is 1. The predicted molar refractivity (Wildman–Crippen MR) is 193 cm³/mol. The lowest BCUT2D eigenvalue weighted by atomic mass is 9.74. The van der Waals surface area contributed by atoms with Gasteiger partial charge in [-0.25, -0.2) is 0 Å². The van der Waals surface area contributed by atoms with Crippen LogP contribution in [0.2, 0.25) is 0 Å². The zero-order valence-electron chi connectivity index (χ0n) is 32.6. The Kier molecular flexibility index (Phi) is 15.5. The summed E-state index contributed by atoms with van der Waals surface area (Å²) in [6.07, 6.45) is -2.11.